The molecule has 0 aliphatic carbocycles. The SMILES string of the molecule is CC[N+](CCCCn1c(=O)cc(C)n(C)c1=O)(CCCCn1c(=O)cc(C)n(C)c1=O)Cc1ccccc1.[Br-]. The first-order valence-electron chi connectivity index (χ1n) is 13.5. The topological polar surface area (TPSA) is 88.0 Å². The maximum Gasteiger partial charge on any atom is 0.330 e. The van der Waals surface area contributed by atoms with Crippen molar-refractivity contribution in [2.45, 2.75) is 66.1 Å². The standard InChI is InChI=1S/C29H42N5O4.BrH/c1-6-34(22-25-14-8-7-9-15-25,18-12-10-16-32-26(35)20-23(2)30(4)28(32)37)19-13-11-17-33-27(36)21-24(3)31(5)29(33)38;/h7-9,14-15,20-21H,6,10-13,16-19,22H2,1-5H3;1H/q+1;/p-1. The fourth-order valence-corrected chi connectivity index (χ4v) is 5.07. The van der Waals surface area contributed by atoms with Crippen LogP contribution in [0.15, 0.2) is 61.6 Å². The molecule has 0 saturated carbocycles. The van der Waals surface area contributed by atoms with Gasteiger partial charge in [0.15, 0.2) is 0 Å². The van der Waals surface area contributed by atoms with Gasteiger partial charge in [-0.2, -0.15) is 0 Å². The quantitative estimate of drug-likeness (QED) is 0.191. The Morgan fingerprint density at radius 3 is 1.54 bits per heavy atom. The highest BCUT2D eigenvalue weighted by Crippen LogP contribution is 2.18. The van der Waals surface area contributed by atoms with Gasteiger partial charge in [0, 0.05) is 56.3 Å². The Kier molecular flexibility index (Phi) is 11.9. The van der Waals surface area contributed by atoms with Gasteiger partial charge in [0.05, 0.1) is 19.6 Å². The largest absolute Gasteiger partial charge is 1.00 e. The Labute approximate surface area is 240 Å². The summed E-state index contributed by atoms with van der Waals surface area (Å²) in [4.78, 5) is 49.9. The third kappa shape index (κ3) is 8.02. The van der Waals surface area contributed by atoms with E-state index < -0.39 is 0 Å². The number of hydrogen-bond acceptors (Lipinski definition) is 4. The van der Waals surface area contributed by atoms with Crippen molar-refractivity contribution in [1.29, 1.82) is 0 Å². The molecule has 9 nitrogen and oxygen atoms in total. The number of rotatable bonds is 13. The van der Waals surface area contributed by atoms with E-state index in [1.165, 1.54) is 36.0 Å². The molecule has 0 atom stereocenters. The number of aromatic nitrogens is 4. The van der Waals surface area contributed by atoms with Crippen LogP contribution in [0.2, 0.25) is 0 Å². The van der Waals surface area contributed by atoms with Crippen molar-refractivity contribution < 1.29 is 21.5 Å². The van der Waals surface area contributed by atoms with Crippen LogP contribution in [0.4, 0.5) is 0 Å². The summed E-state index contributed by atoms with van der Waals surface area (Å²) in [6, 6.07) is 13.4. The van der Waals surface area contributed by atoms with E-state index in [0.717, 1.165) is 56.3 Å². The first kappa shape index (κ1) is 32.2. The Morgan fingerprint density at radius 2 is 1.13 bits per heavy atom. The molecule has 0 N–H and O–H groups in total. The normalized spacial score (nSPS) is 11.4. The highest BCUT2D eigenvalue weighted by Gasteiger charge is 2.25. The minimum Gasteiger partial charge on any atom is -1.00 e. The lowest BCUT2D eigenvalue weighted by molar-refractivity contribution is -0.939. The van der Waals surface area contributed by atoms with Crippen LogP contribution in [0.5, 0.6) is 0 Å². The molecule has 0 bridgehead atoms. The van der Waals surface area contributed by atoms with Crippen LogP contribution in [0.1, 0.15) is 49.6 Å². The maximum absolute atomic E-state index is 12.6. The summed E-state index contributed by atoms with van der Waals surface area (Å²) in [5.74, 6) is 0. The van der Waals surface area contributed by atoms with Crippen LogP contribution < -0.4 is 39.5 Å². The monoisotopic (exact) mass is 603 g/mol. The van der Waals surface area contributed by atoms with Crippen molar-refractivity contribution in [2.75, 3.05) is 19.6 Å². The second-order valence-corrected chi connectivity index (χ2v) is 10.4. The molecule has 3 aromatic rings. The third-order valence-electron chi connectivity index (χ3n) is 7.85. The molecule has 3 rings (SSSR count). The fourth-order valence-electron chi connectivity index (χ4n) is 5.07. The first-order chi connectivity index (χ1) is 18.1. The lowest BCUT2D eigenvalue weighted by Crippen LogP contribution is -3.00. The van der Waals surface area contributed by atoms with Gasteiger partial charge in [0.1, 0.15) is 6.54 Å². The number of aryl methyl sites for hydroxylation is 2. The van der Waals surface area contributed by atoms with Crippen LogP contribution in [-0.2, 0) is 33.7 Å². The van der Waals surface area contributed by atoms with Crippen molar-refractivity contribution in [3.05, 3.63) is 101 Å². The predicted octanol–water partition coefficient (Wildman–Crippen LogP) is -0.674. The van der Waals surface area contributed by atoms with E-state index in [4.69, 9.17) is 0 Å². The molecular weight excluding hydrogens is 562 g/mol. The van der Waals surface area contributed by atoms with Crippen molar-refractivity contribution in [1.82, 2.24) is 18.3 Å². The molecule has 39 heavy (non-hydrogen) atoms. The molecule has 0 unspecified atom stereocenters. The van der Waals surface area contributed by atoms with Crippen LogP contribution in [0, 0.1) is 13.8 Å². The molecule has 0 aliphatic rings. The zero-order valence-corrected chi connectivity index (χ0v) is 25.4. The van der Waals surface area contributed by atoms with Crippen molar-refractivity contribution in [3.63, 3.8) is 0 Å². The molecule has 10 heteroatoms. The smallest absolute Gasteiger partial charge is 0.330 e. The van der Waals surface area contributed by atoms with Crippen molar-refractivity contribution in [2.24, 2.45) is 14.1 Å². The number of unbranched alkanes of at least 4 members (excludes halogenated alkanes) is 2. The molecule has 0 aliphatic heterocycles. The number of hydrogen-bond donors (Lipinski definition) is 0. The van der Waals surface area contributed by atoms with Crippen LogP contribution in [0.25, 0.3) is 0 Å². The summed E-state index contributed by atoms with van der Waals surface area (Å²) >= 11 is 0. The van der Waals surface area contributed by atoms with E-state index in [0.29, 0.717) is 24.5 Å². The molecular formula is C29H42BrN5O4. The Balaban J connectivity index is 0.00000533. The minimum absolute atomic E-state index is 0. The van der Waals surface area contributed by atoms with E-state index in [2.05, 4.69) is 31.2 Å². The summed E-state index contributed by atoms with van der Waals surface area (Å²) in [6.07, 6.45) is 3.23. The van der Waals surface area contributed by atoms with Gasteiger partial charge in [-0.3, -0.25) is 18.7 Å². The number of halogens is 1. The van der Waals surface area contributed by atoms with Crippen LogP contribution in [-0.4, -0.2) is 42.4 Å². The van der Waals surface area contributed by atoms with Gasteiger partial charge in [-0.15, -0.1) is 0 Å². The van der Waals surface area contributed by atoms with Gasteiger partial charge in [-0.1, -0.05) is 30.3 Å². The Bertz CT molecular complexity index is 1380. The summed E-state index contributed by atoms with van der Waals surface area (Å²) in [5, 5.41) is 0. The van der Waals surface area contributed by atoms with Gasteiger partial charge in [0.25, 0.3) is 11.1 Å². The molecule has 0 fully saturated rings. The van der Waals surface area contributed by atoms with E-state index in [1.54, 1.807) is 27.9 Å². The second kappa shape index (κ2) is 14.4. The number of quaternary nitrogens is 1. The van der Waals surface area contributed by atoms with Gasteiger partial charge in [0.2, 0.25) is 0 Å². The Hall–Kier alpha value is -2.98. The van der Waals surface area contributed by atoms with Gasteiger partial charge >= 0.3 is 11.4 Å². The molecule has 0 saturated heterocycles. The second-order valence-electron chi connectivity index (χ2n) is 10.4. The average molecular weight is 605 g/mol. The molecule has 2 aromatic heterocycles. The Morgan fingerprint density at radius 1 is 0.692 bits per heavy atom. The molecule has 1 aromatic carbocycles. The molecule has 0 spiro atoms. The van der Waals surface area contributed by atoms with Crippen molar-refractivity contribution in [3.8, 4) is 0 Å². The van der Waals surface area contributed by atoms with E-state index >= 15 is 0 Å². The first-order valence-corrected chi connectivity index (χ1v) is 13.5. The van der Waals surface area contributed by atoms with E-state index in [-0.39, 0.29) is 39.5 Å². The fraction of sp³-hybridized carbons (Fsp3) is 0.517. The molecule has 214 valence electrons. The summed E-state index contributed by atoms with van der Waals surface area (Å²) in [6.45, 7) is 10.2. The zero-order valence-electron chi connectivity index (χ0n) is 23.9. The average Bonchev–Trinajstić information content (AvgIpc) is 2.90. The molecule has 2 heterocycles. The lowest BCUT2D eigenvalue weighted by atomic mass is 10.1. The predicted molar refractivity (Wildman–Crippen MR) is 151 cm³/mol. The molecule has 0 amide bonds. The van der Waals surface area contributed by atoms with Crippen LogP contribution in [0.3, 0.4) is 0 Å². The minimum atomic E-state index is -0.270. The van der Waals surface area contributed by atoms with Gasteiger partial charge < -0.3 is 30.6 Å². The highest BCUT2D eigenvalue weighted by molar-refractivity contribution is 5.13. The van der Waals surface area contributed by atoms with Crippen molar-refractivity contribution >= 4 is 0 Å². The van der Waals surface area contributed by atoms with E-state index in [1.807, 2.05) is 6.07 Å². The number of benzene rings is 1. The van der Waals surface area contributed by atoms with Crippen LogP contribution >= 0.6 is 0 Å². The lowest BCUT2D eigenvalue weighted by Gasteiger charge is -2.38. The highest BCUT2D eigenvalue weighted by atomic mass is 79.9. The summed E-state index contributed by atoms with van der Waals surface area (Å²) in [7, 11) is 3.37. The number of nitrogens with zero attached hydrogens (tertiary/aromatic N) is 5. The van der Waals surface area contributed by atoms with Gasteiger partial charge in [-0.05, 0) is 46.5 Å². The summed E-state index contributed by atoms with van der Waals surface area (Å²) in [5.41, 5.74) is 1.55. The third-order valence-corrected chi connectivity index (χ3v) is 7.85. The summed E-state index contributed by atoms with van der Waals surface area (Å²) < 4.78 is 6.53. The van der Waals surface area contributed by atoms with E-state index in [9.17, 15) is 19.2 Å². The zero-order chi connectivity index (χ0) is 27.9. The van der Waals surface area contributed by atoms with Gasteiger partial charge in [-0.25, -0.2) is 9.59 Å². The maximum atomic E-state index is 12.6. The molecule has 0 radical (unpaired) electrons.